The fraction of sp³-hybridized carbons (Fsp3) is 0.211. The Labute approximate surface area is 156 Å². The van der Waals surface area contributed by atoms with Gasteiger partial charge in [0.15, 0.2) is 0 Å². The van der Waals surface area contributed by atoms with Gasteiger partial charge in [0.2, 0.25) is 17.6 Å². The summed E-state index contributed by atoms with van der Waals surface area (Å²) < 4.78 is 10.3. The molecule has 0 aliphatic rings. The largest absolute Gasteiger partial charge is 0.497 e. The Kier molecular flexibility index (Phi) is 5.86. The van der Waals surface area contributed by atoms with Gasteiger partial charge in [-0.25, -0.2) is 0 Å². The number of carbonyl (C=O) groups is 1. The highest BCUT2D eigenvalue weighted by Crippen LogP contribution is 2.19. The Morgan fingerprint density at radius 3 is 2.58 bits per heavy atom. The van der Waals surface area contributed by atoms with Crippen molar-refractivity contribution >= 4 is 17.5 Å². The van der Waals surface area contributed by atoms with Crippen molar-refractivity contribution in [2.75, 3.05) is 7.11 Å². The molecule has 0 atom stereocenters. The number of aryl methyl sites for hydroxylation is 1. The Balaban J connectivity index is 1.47. The molecule has 3 rings (SSSR count). The second-order valence-corrected chi connectivity index (χ2v) is 6.08. The van der Waals surface area contributed by atoms with Gasteiger partial charge in [-0.3, -0.25) is 4.79 Å². The van der Waals surface area contributed by atoms with Gasteiger partial charge >= 0.3 is 0 Å². The quantitative estimate of drug-likeness (QED) is 0.686. The zero-order valence-electron chi connectivity index (χ0n) is 14.2. The van der Waals surface area contributed by atoms with E-state index in [2.05, 4.69) is 15.5 Å². The van der Waals surface area contributed by atoms with Crippen molar-refractivity contribution in [3.63, 3.8) is 0 Å². The minimum absolute atomic E-state index is 0.0768. The van der Waals surface area contributed by atoms with Crippen LogP contribution in [0.2, 0.25) is 5.02 Å². The van der Waals surface area contributed by atoms with Crippen LogP contribution < -0.4 is 10.1 Å². The monoisotopic (exact) mass is 371 g/mol. The average molecular weight is 372 g/mol. The summed E-state index contributed by atoms with van der Waals surface area (Å²) >= 11 is 5.86. The number of hydrogen-bond acceptors (Lipinski definition) is 5. The van der Waals surface area contributed by atoms with Crippen LogP contribution in [0.15, 0.2) is 53.1 Å². The number of nitrogens with zero attached hydrogens (tertiary/aromatic N) is 2. The summed E-state index contributed by atoms with van der Waals surface area (Å²) in [7, 11) is 1.62. The Morgan fingerprint density at radius 2 is 1.88 bits per heavy atom. The lowest BCUT2D eigenvalue weighted by Crippen LogP contribution is -2.23. The Morgan fingerprint density at radius 1 is 1.15 bits per heavy atom. The second kappa shape index (κ2) is 8.49. The van der Waals surface area contributed by atoms with Crippen molar-refractivity contribution < 1.29 is 14.1 Å². The maximum atomic E-state index is 12.0. The summed E-state index contributed by atoms with van der Waals surface area (Å²) in [4.78, 5) is 16.3. The number of ether oxygens (including phenoxy) is 1. The van der Waals surface area contributed by atoms with Gasteiger partial charge in [0.05, 0.1) is 7.11 Å². The highest BCUT2D eigenvalue weighted by molar-refractivity contribution is 6.30. The molecule has 6 nitrogen and oxygen atoms in total. The molecule has 0 radical (unpaired) electrons. The van der Waals surface area contributed by atoms with Crippen LogP contribution in [0.4, 0.5) is 0 Å². The van der Waals surface area contributed by atoms with Gasteiger partial charge in [-0.15, -0.1) is 0 Å². The Hall–Kier alpha value is -2.86. The van der Waals surface area contributed by atoms with Crippen LogP contribution in [0.25, 0.3) is 11.4 Å². The van der Waals surface area contributed by atoms with E-state index in [9.17, 15) is 4.79 Å². The fourth-order valence-corrected chi connectivity index (χ4v) is 2.45. The van der Waals surface area contributed by atoms with E-state index >= 15 is 0 Å². The zero-order chi connectivity index (χ0) is 18.4. The van der Waals surface area contributed by atoms with Crippen molar-refractivity contribution in [3.8, 4) is 17.1 Å². The van der Waals surface area contributed by atoms with Gasteiger partial charge in [-0.05, 0) is 42.0 Å². The van der Waals surface area contributed by atoms with Crippen LogP contribution >= 0.6 is 11.6 Å². The van der Waals surface area contributed by atoms with E-state index in [-0.39, 0.29) is 12.3 Å². The number of halogens is 1. The van der Waals surface area contributed by atoms with E-state index < -0.39 is 0 Å². The van der Waals surface area contributed by atoms with Crippen molar-refractivity contribution in [1.82, 2.24) is 15.5 Å². The lowest BCUT2D eigenvalue weighted by atomic mass is 10.2. The van der Waals surface area contributed by atoms with Gasteiger partial charge in [-0.2, -0.15) is 4.98 Å². The molecule has 0 aliphatic carbocycles. The summed E-state index contributed by atoms with van der Waals surface area (Å²) in [5.41, 5.74) is 1.82. The first-order valence-corrected chi connectivity index (χ1v) is 8.50. The predicted molar refractivity (Wildman–Crippen MR) is 97.9 cm³/mol. The normalized spacial score (nSPS) is 10.5. The van der Waals surface area contributed by atoms with Crippen molar-refractivity contribution in [1.29, 1.82) is 0 Å². The van der Waals surface area contributed by atoms with Gasteiger partial charge in [0.1, 0.15) is 5.75 Å². The Bertz CT molecular complexity index is 860. The van der Waals surface area contributed by atoms with E-state index in [1.807, 2.05) is 36.4 Å². The molecule has 0 saturated heterocycles. The zero-order valence-corrected chi connectivity index (χ0v) is 15.0. The number of nitrogens with one attached hydrogen (secondary N) is 1. The molecule has 1 N–H and O–H groups in total. The van der Waals surface area contributed by atoms with Gasteiger partial charge in [0.25, 0.3) is 0 Å². The maximum absolute atomic E-state index is 12.0. The first-order chi connectivity index (χ1) is 12.6. The summed E-state index contributed by atoms with van der Waals surface area (Å²) in [5, 5.41) is 7.44. The highest BCUT2D eigenvalue weighted by atomic mass is 35.5. The molecule has 26 heavy (non-hydrogen) atoms. The van der Waals surface area contributed by atoms with Crippen molar-refractivity contribution in [2.45, 2.75) is 19.4 Å². The van der Waals surface area contributed by atoms with Gasteiger partial charge in [0, 0.05) is 30.0 Å². The van der Waals surface area contributed by atoms with Crippen LogP contribution in [-0.4, -0.2) is 23.2 Å². The van der Waals surface area contributed by atoms with E-state index in [0.717, 1.165) is 16.9 Å². The lowest BCUT2D eigenvalue weighted by Gasteiger charge is -2.05. The summed E-state index contributed by atoms with van der Waals surface area (Å²) in [6, 6.07) is 14.7. The molecule has 3 aromatic rings. The molecule has 134 valence electrons. The second-order valence-electron chi connectivity index (χ2n) is 5.64. The molecule has 0 spiro atoms. The lowest BCUT2D eigenvalue weighted by molar-refractivity contribution is -0.121. The van der Waals surface area contributed by atoms with Crippen molar-refractivity contribution in [2.24, 2.45) is 0 Å². The van der Waals surface area contributed by atoms with Crippen molar-refractivity contribution in [3.05, 3.63) is 65.0 Å². The fourth-order valence-electron chi connectivity index (χ4n) is 2.33. The highest BCUT2D eigenvalue weighted by Gasteiger charge is 2.10. The molecule has 0 aliphatic heterocycles. The number of benzene rings is 2. The third kappa shape index (κ3) is 4.83. The molecule has 1 heterocycles. The number of methoxy groups -OCH3 is 1. The minimum atomic E-state index is -0.0768. The first-order valence-electron chi connectivity index (χ1n) is 8.12. The SMILES string of the molecule is COc1ccc(CNC(=O)CCc2nc(-c3ccc(Cl)cc3)no2)cc1. The first kappa shape index (κ1) is 17.9. The molecule has 2 aromatic carbocycles. The van der Waals surface area contributed by atoms with E-state index in [1.54, 1.807) is 19.2 Å². The molecule has 0 saturated carbocycles. The minimum Gasteiger partial charge on any atom is -0.497 e. The number of hydrogen-bond donors (Lipinski definition) is 1. The predicted octanol–water partition coefficient (Wildman–Crippen LogP) is 3.65. The van der Waals surface area contributed by atoms with E-state index in [1.165, 1.54) is 0 Å². The standard InChI is InChI=1S/C19H18ClN3O3/c1-25-16-8-2-13(3-9-16)12-21-17(24)10-11-18-22-19(23-26-18)14-4-6-15(20)7-5-14/h2-9H,10-12H2,1H3,(H,21,24). The summed E-state index contributed by atoms with van der Waals surface area (Å²) in [6.45, 7) is 0.461. The molecule has 0 unspecified atom stereocenters. The third-order valence-corrected chi connectivity index (χ3v) is 4.04. The average Bonchev–Trinajstić information content (AvgIpc) is 3.14. The molecule has 1 aromatic heterocycles. The van der Waals surface area contributed by atoms with Gasteiger partial charge in [-0.1, -0.05) is 28.9 Å². The third-order valence-electron chi connectivity index (χ3n) is 3.79. The smallest absolute Gasteiger partial charge is 0.227 e. The number of aromatic nitrogens is 2. The molecule has 0 fully saturated rings. The molecular formula is C19H18ClN3O3. The number of rotatable bonds is 7. The topological polar surface area (TPSA) is 77.2 Å². The van der Waals surface area contributed by atoms with Crippen LogP contribution in [0.5, 0.6) is 5.75 Å². The van der Waals surface area contributed by atoms with Gasteiger partial charge < -0.3 is 14.6 Å². The van der Waals surface area contributed by atoms with Crippen LogP contribution in [0.1, 0.15) is 17.9 Å². The maximum Gasteiger partial charge on any atom is 0.227 e. The van der Waals surface area contributed by atoms with Crippen LogP contribution in [0.3, 0.4) is 0 Å². The molecule has 1 amide bonds. The van der Waals surface area contributed by atoms with E-state index in [0.29, 0.717) is 29.7 Å². The molecule has 7 heteroatoms. The van der Waals surface area contributed by atoms with Crippen LogP contribution in [-0.2, 0) is 17.8 Å². The van der Waals surface area contributed by atoms with Crippen LogP contribution in [0, 0.1) is 0 Å². The summed E-state index contributed by atoms with van der Waals surface area (Å²) in [6.07, 6.45) is 0.660. The van der Waals surface area contributed by atoms with E-state index in [4.69, 9.17) is 20.9 Å². The molecule has 0 bridgehead atoms. The summed E-state index contributed by atoms with van der Waals surface area (Å²) in [5.74, 6) is 1.62. The number of amides is 1. The number of carbonyl (C=O) groups excluding carboxylic acids is 1. The molecular weight excluding hydrogens is 354 g/mol.